The van der Waals surface area contributed by atoms with Gasteiger partial charge in [-0.15, -0.1) is 11.3 Å². The van der Waals surface area contributed by atoms with Gasteiger partial charge in [0.2, 0.25) is 0 Å². The van der Waals surface area contributed by atoms with Crippen molar-refractivity contribution in [2.24, 2.45) is 0 Å². The first-order chi connectivity index (χ1) is 10.3. The SMILES string of the molecule is COc1cccc(Cc2sc(N)nc2-c2cccnc2)c1. The Labute approximate surface area is 127 Å². The third kappa shape index (κ3) is 3.03. The van der Waals surface area contributed by atoms with E-state index < -0.39 is 0 Å². The van der Waals surface area contributed by atoms with Gasteiger partial charge in [0.15, 0.2) is 5.13 Å². The lowest BCUT2D eigenvalue weighted by molar-refractivity contribution is 0.414. The molecular weight excluding hydrogens is 282 g/mol. The summed E-state index contributed by atoms with van der Waals surface area (Å²) in [6.07, 6.45) is 4.33. The Morgan fingerprint density at radius 3 is 2.90 bits per heavy atom. The van der Waals surface area contributed by atoms with Crippen LogP contribution >= 0.6 is 11.3 Å². The topological polar surface area (TPSA) is 61.0 Å². The summed E-state index contributed by atoms with van der Waals surface area (Å²) in [5.74, 6) is 0.855. The first-order valence-corrected chi connectivity index (χ1v) is 7.36. The monoisotopic (exact) mass is 297 g/mol. The molecule has 21 heavy (non-hydrogen) atoms. The standard InChI is InChI=1S/C16H15N3OS/c1-20-13-6-2-4-11(8-13)9-14-15(19-16(17)21-14)12-5-3-7-18-10-12/h2-8,10H,9H2,1H3,(H2,17,19). The Kier molecular flexibility index (Phi) is 3.83. The van der Waals surface area contributed by atoms with Gasteiger partial charge in [0.25, 0.3) is 0 Å². The molecule has 0 bridgehead atoms. The molecule has 2 heterocycles. The number of thiazole rings is 1. The van der Waals surface area contributed by atoms with E-state index in [4.69, 9.17) is 10.5 Å². The van der Waals surface area contributed by atoms with Crippen molar-refractivity contribution in [2.75, 3.05) is 12.8 Å². The van der Waals surface area contributed by atoms with E-state index in [0.717, 1.165) is 28.3 Å². The van der Waals surface area contributed by atoms with Crippen LogP contribution in [0.3, 0.4) is 0 Å². The average molecular weight is 297 g/mol. The van der Waals surface area contributed by atoms with E-state index in [9.17, 15) is 0 Å². The minimum atomic E-state index is 0.576. The van der Waals surface area contributed by atoms with Gasteiger partial charge in [-0.25, -0.2) is 4.98 Å². The number of pyridine rings is 1. The highest BCUT2D eigenvalue weighted by Gasteiger charge is 2.12. The molecule has 106 valence electrons. The largest absolute Gasteiger partial charge is 0.497 e. The van der Waals surface area contributed by atoms with Crippen LogP contribution in [0.1, 0.15) is 10.4 Å². The molecule has 0 saturated carbocycles. The molecule has 0 aliphatic rings. The van der Waals surface area contributed by atoms with Gasteiger partial charge >= 0.3 is 0 Å². The van der Waals surface area contributed by atoms with Crippen LogP contribution in [0.25, 0.3) is 11.3 Å². The fourth-order valence-electron chi connectivity index (χ4n) is 2.19. The van der Waals surface area contributed by atoms with Gasteiger partial charge < -0.3 is 10.5 Å². The van der Waals surface area contributed by atoms with E-state index >= 15 is 0 Å². The van der Waals surface area contributed by atoms with E-state index in [1.165, 1.54) is 16.9 Å². The molecule has 2 aromatic heterocycles. The number of nitrogens with zero attached hydrogens (tertiary/aromatic N) is 2. The van der Waals surface area contributed by atoms with Gasteiger partial charge in [-0.05, 0) is 29.8 Å². The van der Waals surface area contributed by atoms with Crippen molar-refractivity contribution in [2.45, 2.75) is 6.42 Å². The molecule has 0 aliphatic carbocycles. The molecule has 0 atom stereocenters. The second kappa shape index (κ2) is 5.93. The normalized spacial score (nSPS) is 10.5. The van der Waals surface area contributed by atoms with Crippen LogP contribution in [0.4, 0.5) is 5.13 Å². The zero-order valence-corrected chi connectivity index (χ0v) is 12.4. The van der Waals surface area contributed by atoms with Crippen molar-refractivity contribution >= 4 is 16.5 Å². The maximum Gasteiger partial charge on any atom is 0.180 e. The van der Waals surface area contributed by atoms with Gasteiger partial charge in [-0.3, -0.25) is 4.98 Å². The Hall–Kier alpha value is -2.40. The molecule has 4 nitrogen and oxygen atoms in total. The molecule has 3 aromatic rings. The molecule has 5 heteroatoms. The van der Waals surface area contributed by atoms with Crippen molar-refractivity contribution in [1.29, 1.82) is 0 Å². The summed E-state index contributed by atoms with van der Waals surface area (Å²) in [6.45, 7) is 0. The van der Waals surface area contributed by atoms with Crippen molar-refractivity contribution in [1.82, 2.24) is 9.97 Å². The molecule has 0 spiro atoms. The number of rotatable bonds is 4. The Morgan fingerprint density at radius 1 is 1.24 bits per heavy atom. The molecule has 0 fully saturated rings. The predicted octanol–water partition coefficient (Wildman–Crippen LogP) is 3.39. The number of nitrogen functional groups attached to an aromatic ring is 1. The molecule has 0 saturated heterocycles. The summed E-state index contributed by atoms with van der Waals surface area (Å²) in [5.41, 5.74) is 8.96. The van der Waals surface area contributed by atoms with E-state index in [0.29, 0.717) is 5.13 Å². The fourth-order valence-corrected chi connectivity index (χ4v) is 3.07. The first kappa shape index (κ1) is 13.6. The molecule has 0 aliphatic heterocycles. The van der Waals surface area contributed by atoms with E-state index in [2.05, 4.69) is 16.0 Å². The summed E-state index contributed by atoms with van der Waals surface area (Å²) < 4.78 is 5.27. The van der Waals surface area contributed by atoms with Crippen LogP contribution in [0, 0.1) is 0 Å². The number of ether oxygens (including phenoxy) is 1. The molecule has 0 radical (unpaired) electrons. The number of hydrogen-bond donors (Lipinski definition) is 1. The van der Waals surface area contributed by atoms with Gasteiger partial charge in [-0.1, -0.05) is 12.1 Å². The Balaban J connectivity index is 1.96. The lowest BCUT2D eigenvalue weighted by atomic mass is 10.1. The first-order valence-electron chi connectivity index (χ1n) is 6.55. The van der Waals surface area contributed by atoms with Crippen molar-refractivity contribution in [3.63, 3.8) is 0 Å². The van der Waals surface area contributed by atoms with Crippen molar-refractivity contribution in [3.05, 3.63) is 59.2 Å². The van der Waals surface area contributed by atoms with Crippen LogP contribution in [0.15, 0.2) is 48.8 Å². The maximum absolute atomic E-state index is 5.89. The smallest absolute Gasteiger partial charge is 0.180 e. The van der Waals surface area contributed by atoms with Crippen LogP contribution in [0.5, 0.6) is 5.75 Å². The third-order valence-corrected chi connectivity index (χ3v) is 4.03. The molecule has 0 unspecified atom stereocenters. The number of hydrogen-bond acceptors (Lipinski definition) is 5. The summed E-state index contributed by atoms with van der Waals surface area (Å²) in [7, 11) is 1.67. The second-order valence-corrected chi connectivity index (χ2v) is 5.71. The molecule has 1 aromatic carbocycles. The number of nitrogens with two attached hydrogens (primary N) is 1. The van der Waals surface area contributed by atoms with Crippen molar-refractivity contribution < 1.29 is 4.74 Å². The number of methoxy groups -OCH3 is 1. The highest BCUT2D eigenvalue weighted by atomic mass is 32.1. The second-order valence-electron chi connectivity index (χ2n) is 4.59. The summed E-state index contributed by atoms with van der Waals surface area (Å²) >= 11 is 1.52. The van der Waals surface area contributed by atoms with Crippen molar-refractivity contribution in [3.8, 4) is 17.0 Å². The summed E-state index contributed by atoms with van der Waals surface area (Å²) in [4.78, 5) is 9.73. The van der Waals surface area contributed by atoms with Gasteiger partial charge in [0.05, 0.1) is 12.8 Å². The van der Waals surface area contributed by atoms with E-state index in [1.54, 1.807) is 13.3 Å². The highest BCUT2D eigenvalue weighted by Crippen LogP contribution is 2.31. The van der Waals surface area contributed by atoms with E-state index in [1.807, 2.05) is 36.5 Å². The fraction of sp³-hybridized carbons (Fsp3) is 0.125. The third-order valence-electron chi connectivity index (χ3n) is 3.15. The number of anilines is 1. The maximum atomic E-state index is 5.89. The summed E-state index contributed by atoms with van der Waals surface area (Å²) in [5, 5.41) is 0.576. The van der Waals surface area contributed by atoms with Crippen LogP contribution < -0.4 is 10.5 Å². The van der Waals surface area contributed by atoms with Gasteiger partial charge in [-0.2, -0.15) is 0 Å². The molecule has 2 N–H and O–H groups in total. The number of aromatic nitrogens is 2. The molecule has 3 rings (SSSR count). The molecule has 0 amide bonds. The van der Waals surface area contributed by atoms with Crippen LogP contribution in [-0.2, 0) is 6.42 Å². The Bertz CT molecular complexity index is 740. The zero-order valence-electron chi connectivity index (χ0n) is 11.6. The van der Waals surface area contributed by atoms with Gasteiger partial charge in [0, 0.05) is 29.3 Å². The van der Waals surface area contributed by atoms with Gasteiger partial charge in [0.1, 0.15) is 5.75 Å². The molecular formula is C16H15N3OS. The minimum Gasteiger partial charge on any atom is -0.497 e. The van der Waals surface area contributed by atoms with Crippen LogP contribution in [0.2, 0.25) is 0 Å². The average Bonchev–Trinajstić information content (AvgIpc) is 2.89. The highest BCUT2D eigenvalue weighted by molar-refractivity contribution is 7.15. The lowest BCUT2D eigenvalue weighted by Crippen LogP contribution is -1.91. The number of benzene rings is 1. The van der Waals surface area contributed by atoms with E-state index in [-0.39, 0.29) is 0 Å². The quantitative estimate of drug-likeness (QED) is 0.802. The zero-order chi connectivity index (χ0) is 14.7. The Morgan fingerprint density at radius 2 is 2.14 bits per heavy atom. The summed E-state index contributed by atoms with van der Waals surface area (Å²) in [6, 6.07) is 11.9. The van der Waals surface area contributed by atoms with Crippen LogP contribution in [-0.4, -0.2) is 17.1 Å². The lowest BCUT2D eigenvalue weighted by Gasteiger charge is -2.05. The minimum absolute atomic E-state index is 0.576. The predicted molar refractivity (Wildman–Crippen MR) is 85.6 cm³/mol.